The average Bonchev–Trinajstić information content (AvgIpc) is 3.24. The summed E-state index contributed by atoms with van der Waals surface area (Å²) in [5.41, 5.74) is 0.108. The van der Waals surface area contributed by atoms with Crippen LogP contribution in [0.15, 0.2) is 22.7 Å². The van der Waals surface area contributed by atoms with Crippen LogP contribution in [0.3, 0.4) is 0 Å². The maximum atomic E-state index is 13.7. The summed E-state index contributed by atoms with van der Waals surface area (Å²) in [5.74, 6) is -0.799. The Hall–Kier alpha value is -0.940. The predicted molar refractivity (Wildman–Crippen MR) is 79.2 cm³/mol. The highest BCUT2D eigenvalue weighted by Crippen LogP contribution is 2.29. The van der Waals surface area contributed by atoms with E-state index in [-0.39, 0.29) is 17.5 Å². The summed E-state index contributed by atoms with van der Waals surface area (Å²) in [6.07, 6.45) is 4.54. The Bertz CT molecular complexity index is 490. The molecule has 3 nitrogen and oxygen atoms in total. The first-order valence-corrected chi connectivity index (χ1v) is 7.93. The summed E-state index contributed by atoms with van der Waals surface area (Å²) in [4.78, 5) is 14.7. The maximum absolute atomic E-state index is 13.7. The Morgan fingerprint density at radius 1 is 1.25 bits per heavy atom. The largest absolute Gasteiger partial charge is 0.349 e. The van der Waals surface area contributed by atoms with E-state index in [4.69, 9.17) is 0 Å². The van der Waals surface area contributed by atoms with Crippen LogP contribution in [0.25, 0.3) is 0 Å². The van der Waals surface area contributed by atoms with Crippen molar-refractivity contribution in [2.45, 2.75) is 37.8 Å². The van der Waals surface area contributed by atoms with Crippen LogP contribution in [-0.4, -0.2) is 36.0 Å². The van der Waals surface area contributed by atoms with Crippen molar-refractivity contribution < 1.29 is 9.18 Å². The quantitative estimate of drug-likeness (QED) is 0.917. The molecule has 1 saturated heterocycles. The molecule has 5 heteroatoms. The average molecular weight is 341 g/mol. The van der Waals surface area contributed by atoms with E-state index in [9.17, 15) is 9.18 Å². The molecule has 0 radical (unpaired) electrons. The molecule has 20 heavy (non-hydrogen) atoms. The van der Waals surface area contributed by atoms with E-state index in [1.165, 1.54) is 18.9 Å². The Morgan fingerprint density at radius 3 is 2.55 bits per heavy atom. The van der Waals surface area contributed by atoms with Gasteiger partial charge in [-0.2, -0.15) is 0 Å². The van der Waals surface area contributed by atoms with Crippen molar-refractivity contribution in [1.82, 2.24) is 10.2 Å². The fraction of sp³-hybridized carbons (Fsp3) is 0.533. The third-order valence-electron chi connectivity index (χ3n) is 4.12. The van der Waals surface area contributed by atoms with Gasteiger partial charge in [0.2, 0.25) is 0 Å². The fourth-order valence-corrected chi connectivity index (χ4v) is 3.34. The molecule has 1 heterocycles. The summed E-state index contributed by atoms with van der Waals surface area (Å²) >= 11 is 3.24. The van der Waals surface area contributed by atoms with E-state index in [2.05, 4.69) is 26.1 Å². The summed E-state index contributed by atoms with van der Waals surface area (Å²) in [6, 6.07) is 5.53. The van der Waals surface area contributed by atoms with Gasteiger partial charge in [0.25, 0.3) is 5.91 Å². The number of nitrogens with zero attached hydrogens (tertiary/aromatic N) is 1. The van der Waals surface area contributed by atoms with Gasteiger partial charge < -0.3 is 10.2 Å². The van der Waals surface area contributed by atoms with Crippen molar-refractivity contribution in [2.75, 3.05) is 13.1 Å². The SMILES string of the molecule is O=C(NC1CCN(C2CC2)CC1)c1c(F)cccc1Br. The standard InChI is InChI=1S/C15H18BrFN2O/c16-12-2-1-3-13(17)14(12)15(20)18-10-6-8-19(9-7-10)11-4-5-11/h1-3,10-11H,4-9H2,(H,18,20). The van der Waals surface area contributed by atoms with Crippen LogP contribution in [-0.2, 0) is 0 Å². The molecule has 1 aliphatic heterocycles. The zero-order valence-electron chi connectivity index (χ0n) is 11.2. The molecule has 108 valence electrons. The van der Waals surface area contributed by atoms with Crippen LogP contribution in [0.2, 0.25) is 0 Å². The van der Waals surface area contributed by atoms with Gasteiger partial charge in [0, 0.05) is 29.6 Å². The lowest BCUT2D eigenvalue weighted by molar-refractivity contribution is 0.0904. The summed E-state index contributed by atoms with van der Waals surface area (Å²) in [6.45, 7) is 2.07. The molecule has 2 aliphatic rings. The Labute approximate surface area is 126 Å². The monoisotopic (exact) mass is 340 g/mol. The van der Waals surface area contributed by atoms with Gasteiger partial charge >= 0.3 is 0 Å². The van der Waals surface area contributed by atoms with Crippen molar-refractivity contribution in [3.8, 4) is 0 Å². The van der Waals surface area contributed by atoms with Crippen LogP contribution in [0.4, 0.5) is 4.39 Å². The number of hydrogen-bond acceptors (Lipinski definition) is 2. The number of rotatable bonds is 3. The number of carbonyl (C=O) groups excluding carboxylic acids is 1. The van der Waals surface area contributed by atoms with Crippen LogP contribution in [0, 0.1) is 5.82 Å². The lowest BCUT2D eigenvalue weighted by Crippen LogP contribution is -2.45. The lowest BCUT2D eigenvalue weighted by Gasteiger charge is -2.32. The number of hydrogen-bond donors (Lipinski definition) is 1. The molecule has 1 N–H and O–H groups in total. The second-order valence-electron chi connectivity index (χ2n) is 5.61. The van der Waals surface area contributed by atoms with Gasteiger partial charge in [-0.1, -0.05) is 6.07 Å². The van der Waals surface area contributed by atoms with Crippen LogP contribution >= 0.6 is 15.9 Å². The van der Waals surface area contributed by atoms with Crippen LogP contribution in [0.5, 0.6) is 0 Å². The molecule has 0 spiro atoms. The molecule has 1 aliphatic carbocycles. The Balaban J connectivity index is 1.59. The van der Waals surface area contributed by atoms with Crippen molar-refractivity contribution in [2.24, 2.45) is 0 Å². The van der Waals surface area contributed by atoms with E-state index in [1.807, 2.05) is 0 Å². The minimum Gasteiger partial charge on any atom is -0.349 e. The molecule has 1 saturated carbocycles. The van der Waals surface area contributed by atoms with Gasteiger partial charge in [0.15, 0.2) is 0 Å². The minimum absolute atomic E-state index is 0.108. The van der Waals surface area contributed by atoms with Crippen molar-refractivity contribution in [3.63, 3.8) is 0 Å². The highest BCUT2D eigenvalue weighted by Gasteiger charge is 2.32. The first kappa shape index (κ1) is 14.0. The second kappa shape index (κ2) is 5.82. The molecule has 0 bridgehead atoms. The zero-order chi connectivity index (χ0) is 14.1. The van der Waals surface area contributed by atoms with E-state index in [0.717, 1.165) is 32.0 Å². The summed E-state index contributed by atoms with van der Waals surface area (Å²) in [5, 5.41) is 2.96. The Morgan fingerprint density at radius 2 is 1.95 bits per heavy atom. The van der Waals surface area contributed by atoms with Gasteiger partial charge in [-0.3, -0.25) is 4.79 Å². The maximum Gasteiger partial charge on any atom is 0.255 e. The molecule has 0 aromatic heterocycles. The van der Waals surface area contributed by atoms with E-state index < -0.39 is 5.82 Å². The molecular weight excluding hydrogens is 323 g/mol. The van der Waals surface area contributed by atoms with E-state index in [0.29, 0.717) is 4.47 Å². The molecule has 0 atom stereocenters. The third kappa shape index (κ3) is 3.04. The first-order valence-electron chi connectivity index (χ1n) is 7.14. The van der Waals surface area contributed by atoms with Gasteiger partial charge in [0.1, 0.15) is 5.82 Å². The van der Waals surface area contributed by atoms with Gasteiger partial charge in [0.05, 0.1) is 5.56 Å². The van der Waals surface area contributed by atoms with Gasteiger partial charge in [-0.05, 0) is 53.7 Å². The third-order valence-corrected chi connectivity index (χ3v) is 4.78. The minimum atomic E-state index is -0.479. The number of amides is 1. The highest BCUT2D eigenvalue weighted by molar-refractivity contribution is 9.10. The number of piperidine rings is 1. The highest BCUT2D eigenvalue weighted by atomic mass is 79.9. The van der Waals surface area contributed by atoms with Crippen molar-refractivity contribution >= 4 is 21.8 Å². The fourth-order valence-electron chi connectivity index (χ4n) is 2.82. The van der Waals surface area contributed by atoms with E-state index in [1.54, 1.807) is 12.1 Å². The number of likely N-dealkylation sites (tertiary alicyclic amines) is 1. The number of benzene rings is 1. The summed E-state index contributed by atoms with van der Waals surface area (Å²) < 4.78 is 14.2. The topological polar surface area (TPSA) is 32.3 Å². The summed E-state index contributed by atoms with van der Waals surface area (Å²) in [7, 11) is 0. The normalized spacial score (nSPS) is 20.9. The van der Waals surface area contributed by atoms with Gasteiger partial charge in [-0.25, -0.2) is 4.39 Å². The Kier molecular flexibility index (Phi) is 4.08. The molecule has 1 aromatic carbocycles. The molecular formula is C15H18BrFN2O. The first-order chi connectivity index (χ1) is 9.65. The van der Waals surface area contributed by atoms with Gasteiger partial charge in [-0.15, -0.1) is 0 Å². The molecule has 2 fully saturated rings. The number of nitrogens with one attached hydrogen (secondary N) is 1. The van der Waals surface area contributed by atoms with Crippen molar-refractivity contribution in [3.05, 3.63) is 34.1 Å². The van der Waals surface area contributed by atoms with Crippen LogP contribution in [0.1, 0.15) is 36.0 Å². The number of carbonyl (C=O) groups is 1. The lowest BCUT2D eigenvalue weighted by atomic mass is 10.0. The predicted octanol–water partition coefficient (Wildman–Crippen LogP) is 2.94. The smallest absolute Gasteiger partial charge is 0.255 e. The number of halogens is 2. The van der Waals surface area contributed by atoms with Crippen molar-refractivity contribution in [1.29, 1.82) is 0 Å². The second-order valence-corrected chi connectivity index (χ2v) is 6.47. The molecule has 3 rings (SSSR count). The van der Waals surface area contributed by atoms with E-state index >= 15 is 0 Å². The zero-order valence-corrected chi connectivity index (χ0v) is 12.8. The molecule has 0 unspecified atom stereocenters. The van der Waals surface area contributed by atoms with Crippen LogP contribution < -0.4 is 5.32 Å². The molecule has 1 aromatic rings. The molecule has 1 amide bonds.